The van der Waals surface area contributed by atoms with Gasteiger partial charge in [0.1, 0.15) is 6.54 Å². The topological polar surface area (TPSA) is 56.2 Å². The van der Waals surface area contributed by atoms with Crippen LogP contribution in [0.25, 0.3) is 0 Å². The SMILES string of the molecule is Cc1c(Br)c(C(F)(F)F)nn1CC(=O)NCCCOC(C)C. The summed E-state index contributed by atoms with van der Waals surface area (Å²) in [5.74, 6) is -0.392. The van der Waals surface area contributed by atoms with Crippen molar-refractivity contribution >= 4 is 21.8 Å². The maximum absolute atomic E-state index is 12.7. The summed E-state index contributed by atoms with van der Waals surface area (Å²) in [6, 6.07) is 0. The Kier molecular flexibility index (Phi) is 6.86. The molecule has 0 radical (unpaired) electrons. The Labute approximate surface area is 135 Å². The van der Waals surface area contributed by atoms with E-state index in [1.165, 1.54) is 6.92 Å². The molecule has 1 N–H and O–H groups in total. The molecule has 1 heterocycles. The second kappa shape index (κ2) is 7.96. The number of hydrogen-bond acceptors (Lipinski definition) is 3. The molecule has 1 aromatic rings. The number of ether oxygens (including phenoxy) is 1. The second-order valence-electron chi connectivity index (χ2n) is 5.03. The van der Waals surface area contributed by atoms with E-state index in [4.69, 9.17) is 4.74 Å². The van der Waals surface area contributed by atoms with Gasteiger partial charge in [0, 0.05) is 13.2 Å². The van der Waals surface area contributed by atoms with E-state index in [2.05, 4.69) is 26.3 Å². The number of carbonyl (C=O) groups excluding carboxylic acids is 1. The average molecular weight is 386 g/mol. The van der Waals surface area contributed by atoms with Crippen molar-refractivity contribution in [3.05, 3.63) is 15.9 Å². The Morgan fingerprint density at radius 3 is 2.59 bits per heavy atom. The third-order valence-electron chi connectivity index (χ3n) is 2.79. The number of hydrogen-bond donors (Lipinski definition) is 1. The number of halogens is 4. The van der Waals surface area contributed by atoms with Crippen molar-refractivity contribution in [2.75, 3.05) is 13.2 Å². The Bertz CT molecular complexity index is 515. The largest absolute Gasteiger partial charge is 0.436 e. The Hall–Kier alpha value is -1.09. The smallest absolute Gasteiger partial charge is 0.379 e. The summed E-state index contributed by atoms with van der Waals surface area (Å²) in [6.45, 7) is 5.95. The molecule has 0 aliphatic rings. The number of rotatable bonds is 7. The van der Waals surface area contributed by atoms with Gasteiger partial charge in [-0.15, -0.1) is 0 Å². The van der Waals surface area contributed by atoms with Crippen LogP contribution in [0.4, 0.5) is 13.2 Å². The van der Waals surface area contributed by atoms with Gasteiger partial charge in [-0.2, -0.15) is 18.3 Å². The molecular weight excluding hydrogens is 367 g/mol. The molecule has 0 saturated heterocycles. The Morgan fingerprint density at radius 2 is 2.09 bits per heavy atom. The maximum Gasteiger partial charge on any atom is 0.436 e. The fraction of sp³-hybridized carbons (Fsp3) is 0.692. The van der Waals surface area contributed by atoms with Gasteiger partial charge in [0.05, 0.1) is 16.3 Å². The van der Waals surface area contributed by atoms with Gasteiger partial charge >= 0.3 is 6.18 Å². The number of amides is 1. The molecule has 5 nitrogen and oxygen atoms in total. The first-order chi connectivity index (χ1) is 10.1. The fourth-order valence-electron chi connectivity index (χ4n) is 1.67. The van der Waals surface area contributed by atoms with Crippen LogP contribution in [0.2, 0.25) is 0 Å². The van der Waals surface area contributed by atoms with Crippen molar-refractivity contribution in [3.8, 4) is 0 Å². The third-order valence-corrected chi connectivity index (χ3v) is 3.74. The van der Waals surface area contributed by atoms with E-state index in [0.717, 1.165) is 4.68 Å². The summed E-state index contributed by atoms with van der Waals surface area (Å²) in [4.78, 5) is 11.7. The molecule has 0 aromatic carbocycles. The summed E-state index contributed by atoms with van der Waals surface area (Å²) in [5.41, 5.74) is -0.770. The lowest BCUT2D eigenvalue weighted by Crippen LogP contribution is -2.30. The predicted octanol–water partition coefficient (Wildman–Crippen LogP) is 2.90. The van der Waals surface area contributed by atoms with Crippen LogP contribution in [0.3, 0.4) is 0 Å². The van der Waals surface area contributed by atoms with Crippen molar-refractivity contribution in [2.45, 2.75) is 46.0 Å². The summed E-state index contributed by atoms with van der Waals surface area (Å²) in [5, 5.41) is 6.07. The average Bonchev–Trinajstić information content (AvgIpc) is 2.66. The number of nitrogens with zero attached hydrogens (tertiary/aromatic N) is 2. The summed E-state index contributed by atoms with van der Waals surface area (Å²) in [7, 11) is 0. The molecule has 0 spiro atoms. The summed E-state index contributed by atoms with van der Waals surface area (Å²) in [6.07, 6.45) is -3.79. The van der Waals surface area contributed by atoms with Gasteiger partial charge in [0.25, 0.3) is 0 Å². The zero-order valence-corrected chi connectivity index (χ0v) is 14.2. The molecule has 1 aromatic heterocycles. The molecule has 126 valence electrons. The van der Waals surface area contributed by atoms with Gasteiger partial charge < -0.3 is 10.1 Å². The van der Waals surface area contributed by atoms with Crippen LogP contribution < -0.4 is 5.32 Å². The van der Waals surface area contributed by atoms with Gasteiger partial charge in [-0.3, -0.25) is 9.48 Å². The monoisotopic (exact) mass is 385 g/mol. The van der Waals surface area contributed by atoms with Crippen molar-refractivity contribution in [3.63, 3.8) is 0 Å². The minimum atomic E-state index is -4.56. The molecule has 0 saturated carbocycles. The lowest BCUT2D eigenvalue weighted by atomic mass is 10.3. The highest BCUT2D eigenvalue weighted by atomic mass is 79.9. The highest BCUT2D eigenvalue weighted by Gasteiger charge is 2.38. The molecule has 0 unspecified atom stereocenters. The molecule has 1 amide bonds. The Morgan fingerprint density at radius 1 is 1.45 bits per heavy atom. The molecular formula is C13H19BrF3N3O2. The molecule has 1 rings (SSSR count). The van der Waals surface area contributed by atoms with Gasteiger partial charge in [0.2, 0.25) is 5.91 Å². The standard InChI is InChI=1S/C13H19BrF3N3O2/c1-8(2)22-6-4-5-18-10(21)7-20-9(3)11(14)12(19-20)13(15,16)17/h8H,4-7H2,1-3H3,(H,18,21). The molecule has 0 aliphatic heterocycles. The van der Waals surface area contributed by atoms with E-state index < -0.39 is 17.8 Å². The van der Waals surface area contributed by atoms with Crippen LogP contribution in [-0.4, -0.2) is 34.9 Å². The molecule has 22 heavy (non-hydrogen) atoms. The first-order valence-corrected chi connectivity index (χ1v) is 7.60. The second-order valence-corrected chi connectivity index (χ2v) is 5.82. The normalized spacial score (nSPS) is 12.0. The molecule has 0 aliphatic carbocycles. The quantitative estimate of drug-likeness (QED) is 0.734. The number of nitrogens with one attached hydrogen (secondary N) is 1. The predicted molar refractivity (Wildman–Crippen MR) is 78.4 cm³/mol. The molecule has 9 heteroatoms. The molecule has 0 atom stereocenters. The van der Waals surface area contributed by atoms with E-state index in [1.54, 1.807) is 0 Å². The number of aromatic nitrogens is 2. The third kappa shape index (κ3) is 5.60. The van der Waals surface area contributed by atoms with E-state index in [0.29, 0.717) is 19.6 Å². The Balaban J connectivity index is 2.52. The van der Waals surface area contributed by atoms with Crippen molar-refractivity contribution in [2.24, 2.45) is 0 Å². The van der Waals surface area contributed by atoms with E-state index >= 15 is 0 Å². The van der Waals surface area contributed by atoms with E-state index in [-0.39, 0.29) is 22.8 Å². The lowest BCUT2D eigenvalue weighted by Gasteiger charge is -2.09. The first kappa shape index (κ1) is 19.0. The van der Waals surface area contributed by atoms with Gasteiger partial charge in [-0.1, -0.05) is 0 Å². The zero-order valence-electron chi connectivity index (χ0n) is 12.6. The van der Waals surface area contributed by atoms with Crippen LogP contribution in [-0.2, 0) is 22.3 Å². The first-order valence-electron chi connectivity index (χ1n) is 6.81. The lowest BCUT2D eigenvalue weighted by molar-refractivity contribution is -0.142. The van der Waals surface area contributed by atoms with Crippen molar-refractivity contribution < 1.29 is 22.7 Å². The summed E-state index contributed by atoms with van der Waals surface area (Å²) >= 11 is 2.86. The van der Waals surface area contributed by atoms with Crippen molar-refractivity contribution in [1.29, 1.82) is 0 Å². The highest BCUT2D eigenvalue weighted by molar-refractivity contribution is 9.10. The molecule has 0 bridgehead atoms. The minimum absolute atomic E-state index is 0.126. The van der Waals surface area contributed by atoms with E-state index in [9.17, 15) is 18.0 Å². The fourth-order valence-corrected chi connectivity index (χ4v) is 2.18. The van der Waals surface area contributed by atoms with E-state index in [1.807, 2.05) is 13.8 Å². The van der Waals surface area contributed by atoms with Gasteiger partial charge in [0.15, 0.2) is 5.69 Å². The number of alkyl halides is 3. The van der Waals surface area contributed by atoms with Crippen LogP contribution in [0.15, 0.2) is 4.47 Å². The molecule has 0 fully saturated rings. The maximum atomic E-state index is 12.7. The van der Waals surface area contributed by atoms with Crippen LogP contribution in [0.1, 0.15) is 31.7 Å². The highest BCUT2D eigenvalue weighted by Crippen LogP contribution is 2.35. The van der Waals surface area contributed by atoms with Gasteiger partial charge in [-0.05, 0) is 43.1 Å². The van der Waals surface area contributed by atoms with Crippen LogP contribution in [0, 0.1) is 6.92 Å². The summed E-state index contributed by atoms with van der Waals surface area (Å²) < 4.78 is 44.3. The van der Waals surface area contributed by atoms with Gasteiger partial charge in [-0.25, -0.2) is 0 Å². The minimum Gasteiger partial charge on any atom is -0.379 e. The van der Waals surface area contributed by atoms with Crippen molar-refractivity contribution in [1.82, 2.24) is 15.1 Å². The number of carbonyl (C=O) groups is 1. The van der Waals surface area contributed by atoms with Crippen LogP contribution in [0.5, 0.6) is 0 Å². The zero-order chi connectivity index (χ0) is 16.9. The van der Waals surface area contributed by atoms with Crippen LogP contribution >= 0.6 is 15.9 Å².